The highest BCUT2D eigenvalue weighted by molar-refractivity contribution is 9.10. The molecule has 0 saturated carbocycles. The summed E-state index contributed by atoms with van der Waals surface area (Å²) >= 11 is 20.9. The number of thiocarbonyl (C=S) groups is 1. The van der Waals surface area contributed by atoms with Crippen LogP contribution in [-0.2, 0) is 6.54 Å². The lowest BCUT2D eigenvalue weighted by molar-refractivity contribution is 0.925. The number of nitrogens with one attached hydrogen (secondary N) is 2. The SMILES string of the molecule is Cc1c(Br)cnc(NC(=S)NCc2ccccc2Cl)c1Cl. The van der Waals surface area contributed by atoms with E-state index in [1.807, 2.05) is 31.2 Å². The Bertz CT molecular complexity index is 679. The van der Waals surface area contributed by atoms with Gasteiger partial charge in [-0.25, -0.2) is 4.98 Å². The smallest absolute Gasteiger partial charge is 0.172 e. The van der Waals surface area contributed by atoms with Crippen molar-refractivity contribution in [3.63, 3.8) is 0 Å². The summed E-state index contributed by atoms with van der Waals surface area (Å²) in [5.41, 5.74) is 1.87. The van der Waals surface area contributed by atoms with Gasteiger partial charge in [0, 0.05) is 22.2 Å². The molecule has 0 saturated heterocycles. The van der Waals surface area contributed by atoms with Crippen LogP contribution in [0.1, 0.15) is 11.1 Å². The fourth-order valence-corrected chi connectivity index (χ4v) is 2.60. The topological polar surface area (TPSA) is 37.0 Å². The van der Waals surface area contributed by atoms with Crippen molar-refractivity contribution in [1.82, 2.24) is 10.3 Å². The molecule has 0 amide bonds. The van der Waals surface area contributed by atoms with Crippen LogP contribution >= 0.6 is 51.3 Å². The first-order valence-electron chi connectivity index (χ1n) is 6.08. The van der Waals surface area contributed by atoms with Crippen LogP contribution in [0.3, 0.4) is 0 Å². The van der Waals surface area contributed by atoms with Crippen LogP contribution in [0.5, 0.6) is 0 Å². The minimum Gasteiger partial charge on any atom is -0.358 e. The van der Waals surface area contributed by atoms with E-state index in [4.69, 9.17) is 35.4 Å². The van der Waals surface area contributed by atoms with Gasteiger partial charge in [-0.15, -0.1) is 0 Å². The molecular formula is C14H12BrCl2N3S. The second kappa shape index (κ2) is 7.40. The fraction of sp³-hybridized carbons (Fsp3) is 0.143. The summed E-state index contributed by atoms with van der Waals surface area (Å²) in [6, 6.07) is 7.59. The molecule has 1 heterocycles. The fourth-order valence-electron chi connectivity index (χ4n) is 1.61. The van der Waals surface area contributed by atoms with Gasteiger partial charge in [-0.2, -0.15) is 0 Å². The molecule has 2 rings (SSSR count). The van der Waals surface area contributed by atoms with Crippen molar-refractivity contribution >= 4 is 62.3 Å². The quantitative estimate of drug-likeness (QED) is 0.710. The van der Waals surface area contributed by atoms with Gasteiger partial charge in [0.05, 0.1) is 5.02 Å². The molecule has 2 N–H and O–H groups in total. The van der Waals surface area contributed by atoms with Gasteiger partial charge in [-0.1, -0.05) is 41.4 Å². The zero-order valence-electron chi connectivity index (χ0n) is 11.1. The minimum atomic E-state index is 0.436. The molecule has 110 valence electrons. The van der Waals surface area contributed by atoms with E-state index in [1.165, 1.54) is 0 Å². The Balaban J connectivity index is 2.00. The Morgan fingerprint density at radius 1 is 1.33 bits per heavy atom. The molecule has 3 nitrogen and oxygen atoms in total. The van der Waals surface area contributed by atoms with E-state index in [2.05, 4.69) is 31.5 Å². The highest BCUT2D eigenvalue weighted by Gasteiger charge is 2.09. The van der Waals surface area contributed by atoms with Gasteiger partial charge in [0.1, 0.15) is 0 Å². The number of aromatic nitrogens is 1. The second-order valence-corrected chi connectivity index (χ2v) is 6.34. The van der Waals surface area contributed by atoms with E-state index in [-0.39, 0.29) is 0 Å². The van der Waals surface area contributed by atoms with Crippen LogP contribution in [-0.4, -0.2) is 10.1 Å². The number of halogens is 3. The second-order valence-electron chi connectivity index (χ2n) is 4.29. The molecular weight excluding hydrogens is 393 g/mol. The Labute approximate surface area is 147 Å². The summed E-state index contributed by atoms with van der Waals surface area (Å²) in [7, 11) is 0. The molecule has 0 atom stereocenters. The Kier molecular flexibility index (Phi) is 5.81. The maximum atomic E-state index is 6.22. The van der Waals surface area contributed by atoms with Crippen LogP contribution < -0.4 is 10.6 Å². The highest BCUT2D eigenvalue weighted by Crippen LogP contribution is 2.28. The predicted molar refractivity (Wildman–Crippen MR) is 96.2 cm³/mol. The molecule has 0 spiro atoms. The van der Waals surface area contributed by atoms with E-state index >= 15 is 0 Å². The number of rotatable bonds is 3. The standard InChI is InChI=1S/C14H12BrCl2N3S/c1-8-10(15)7-18-13(12(8)17)20-14(21)19-6-9-4-2-3-5-11(9)16/h2-5,7H,6H2,1H3,(H2,18,19,20,21). The third-order valence-electron chi connectivity index (χ3n) is 2.83. The molecule has 1 aromatic carbocycles. The Hall–Kier alpha value is -0.880. The predicted octanol–water partition coefficient (Wildman–Crippen LogP) is 4.95. The van der Waals surface area contributed by atoms with Crippen molar-refractivity contribution < 1.29 is 0 Å². The van der Waals surface area contributed by atoms with E-state index < -0.39 is 0 Å². The lowest BCUT2D eigenvalue weighted by Crippen LogP contribution is -2.28. The molecule has 0 aliphatic carbocycles. The molecule has 21 heavy (non-hydrogen) atoms. The average Bonchev–Trinajstić information content (AvgIpc) is 2.47. The van der Waals surface area contributed by atoms with Crippen molar-refractivity contribution in [2.24, 2.45) is 0 Å². The van der Waals surface area contributed by atoms with Crippen molar-refractivity contribution in [3.05, 3.63) is 56.1 Å². The van der Waals surface area contributed by atoms with Gasteiger partial charge in [0.25, 0.3) is 0 Å². The molecule has 0 aliphatic heterocycles. The lowest BCUT2D eigenvalue weighted by atomic mass is 10.2. The third kappa shape index (κ3) is 4.30. The number of hydrogen-bond acceptors (Lipinski definition) is 2. The largest absolute Gasteiger partial charge is 0.358 e. The number of anilines is 1. The van der Waals surface area contributed by atoms with Gasteiger partial charge < -0.3 is 10.6 Å². The van der Waals surface area contributed by atoms with Gasteiger partial charge in [0.15, 0.2) is 10.9 Å². The van der Waals surface area contributed by atoms with Crippen LogP contribution in [0.2, 0.25) is 10.0 Å². The van der Waals surface area contributed by atoms with Gasteiger partial charge in [-0.3, -0.25) is 0 Å². The van der Waals surface area contributed by atoms with Gasteiger partial charge in [0.2, 0.25) is 0 Å². The first kappa shape index (κ1) is 16.5. The number of benzene rings is 1. The molecule has 2 aromatic rings. The van der Waals surface area contributed by atoms with E-state index in [0.717, 1.165) is 15.6 Å². The zero-order chi connectivity index (χ0) is 15.4. The van der Waals surface area contributed by atoms with E-state index in [9.17, 15) is 0 Å². The minimum absolute atomic E-state index is 0.436. The van der Waals surface area contributed by atoms with Crippen LogP contribution in [0.4, 0.5) is 5.82 Å². The number of hydrogen-bond donors (Lipinski definition) is 2. The van der Waals surface area contributed by atoms with Gasteiger partial charge >= 0.3 is 0 Å². The molecule has 0 aliphatic rings. The summed E-state index contributed by atoms with van der Waals surface area (Å²) in [5.74, 6) is 0.522. The summed E-state index contributed by atoms with van der Waals surface area (Å²) in [5, 5.41) is 7.72. The monoisotopic (exact) mass is 403 g/mol. The Morgan fingerprint density at radius 3 is 2.76 bits per heavy atom. The third-order valence-corrected chi connectivity index (χ3v) is 4.71. The van der Waals surface area contributed by atoms with Crippen molar-refractivity contribution in [2.45, 2.75) is 13.5 Å². The lowest BCUT2D eigenvalue weighted by Gasteiger charge is -2.13. The van der Waals surface area contributed by atoms with Crippen molar-refractivity contribution in [2.75, 3.05) is 5.32 Å². The van der Waals surface area contributed by atoms with E-state index in [0.29, 0.717) is 27.5 Å². The molecule has 1 aromatic heterocycles. The first-order chi connectivity index (χ1) is 9.99. The van der Waals surface area contributed by atoms with Crippen molar-refractivity contribution in [3.8, 4) is 0 Å². The van der Waals surface area contributed by atoms with E-state index in [1.54, 1.807) is 6.20 Å². The first-order valence-corrected chi connectivity index (χ1v) is 8.03. The van der Waals surface area contributed by atoms with Crippen molar-refractivity contribution in [1.29, 1.82) is 0 Å². The molecule has 7 heteroatoms. The number of nitrogens with zero attached hydrogens (tertiary/aromatic N) is 1. The summed E-state index contributed by atoms with van der Waals surface area (Å²) < 4.78 is 0.855. The van der Waals surface area contributed by atoms with Crippen LogP contribution in [0, 0.1) is 6.92 Å². The zero-order valence-corrected chi connectivity index (χ0v) is 15.0. The molecule has 0 bridgehead atoms. The summed E-state index contributed by atoms with van der Waals surface area (Å²) in [6.45, 7) is 2.43. The highest BCUT2D eigenvalue weighted by atomic mass is 79.9. The van der Waals surface area contributed by atoms with Crippen LogP contribution in [0.25, 0.3) is 0 Å². The Morgan fingerprint density at radius 2 is 2.05 bits per heavy atom. The maximum absolute atomic E-state index is 6.22. The molecule has 0 radical (unpaired) electrons. The average molecular weight is 405 g/mol. The molecule has 0 fully saturated rings. The number of pyridine rings is 1. The molecule has 0 unspecified atom stereocenters. The normalized spacial score (nSPS) is 10.3. The van der Waals surface area contributed by atoms with Gasteiger partial charge in [-0.05, 0) is 52.3 Å². The maximum Gasteiger partial charge on any atom is 0.172 e. The van der Waals surface area contributed by atoms with Crippen LogP contribution in [0.15, 0.2) is 34.9 Å². The summed E-state index contributed by atoms with van der Waals surface area (Å²) in [6.07, 6.45) is 1.68. The summed E-state index contributed by atoms with van der Waals surface area (Å²) in [4.78, 5) is 4.21.